The Morgan fingerprint density at radius 2 is 2.00 bits per heavy atom. The van der Waals surface area contributed by atoms with E-state index in [4.69, 9.17) is 16.4 Å². The molecule has 124 valence electrons. The first-order valence-corrected chi connectivity index (χ1v) is 8.01. The Hall–Kier alpha value is -2.08. The molecule has 0 fully saturated rings. The number of hydrogen-bond acceptors (Lipinski definition) is 4. The van der Waals surface area contributed by atoms with Crippen molar-refractivity contribution in [2.75, 3.05) is 13.1 Å². The number of oxime groups is 1. The molecule has 0 radical (unpaired) electrons. The first-order chi connectivity index (χ1) is 11.1. The number of benzene rings is 1. The van der Waals surface area contributed by atoms with Gasteiger partial charge in [-0.3, -0.25) is 9.59 Å². The summed E-state index contributed by atoms with van der Waals surface area (Å²) in [6.45, 7) is 2.92. The lowest BCUT2D eigenvalue weighted by Crippen LogP contribution is -2.37. The van der Waals surface area contributed by atoms with E-state index in [0.29, 0.717) is 23.7 Å². The van der Waals surface area contributed by atoms with Crippen LogP contribution in [-0.4, -0.2) is 36.7 Å². The Morgan fingerprint density at radius 3 is 2.70 bits per heavy atom. The van der Waals surface area contributed by atoms with Crippen LogP contribution in [0.1, 0.15) is 31.7 Å². The number of nitrogens with zero attached hydrogens (tertiary/aromatic N) is 1. The first kappa shape index (κ1) is 17.3. The Morgan fingerprint density at radius 1 is 1.26 bits per heavy atom. The van der Waals surface area contributed by atoms with E-state index in [9.17, 15) is 9.59 Å². The second-order valence-corrected chi connectivity index (χ2v) is 5.67. The van der Waals surface area contributed by atoms with E-state index in [1.807, 2.05) is 19.1 Å². The van der Waals surface area contributed by atoms with Gasteiger partial charge in [-0.15, -0.1) is 0 Å². The van der Waals surface area contributed by atoms with Gasteiger partial charge in [0, 0.05) is 31.0 Å². The zero-order valence-corrected chi connectivity index (χ0v) is 13.7. The molecule has 2 rings (SSSR count). The fraction of sp³-hybridized carbons (Fsp3) is 0.438. The molecule has 2 amide bonds. The molecule has 6 nitrogen and oxygen atoms in total. The maximum Gasteiger partial charge on any atom is 0.264 e. The minimum atomic E-state index is -0.653. The molecular formula is C16H20ClN3O3. The average molecular weight is 338 g/mol. The third-order valence-electron chi connectivity index (χ3n) is 3.36. The molecule has 1 aliphatic rings. The van der Waals surface area contributed by atoms with Crippen LogP contribution in [0.25, 0.3) is 0 Å². The van der Waals surface area contributed by atoms with Crippen LogP contribution in [0, 0.1) is 0 Å². The predicted octanol–water partition coefficient (Wildman–Crippen LogP) is 1.87. The second-order valence-electron chi connectivity index (χ2n) is 5.23. The quantitative estimate of drug-likeness (QED) is 0.797. The Bertz CT molecular complexity index is 587. The van der Waals surface area contributed by atoms with Crippen LogP contribution in [0.15, 0.2) is 29.4 Å². The van der Waals surface area contributed by atoms with Gasteiger partial charge in [-0.05, 0) is 24.1 Å². The Labute approximate surface area is 140 Å². The number of nitrogens with one attached hydrogen (secondary N) is 2. The smallest absolute Gasteiger partial charge is 0.264 e. The molecule has 0 saturated carbocycles. The topological polar surface area (TPSA) is 79.8 Å². The number of amides is 2. The third kappa shape index (κ3) is 5.25. The summed E-state index contributed by atoms with van der Waals surface area (Å²) in [6, 6.07) is 7.20. The van der Waals surface area contributed by atoms with Crippen LogP contribution in [-0.2, 0) is 14.4 Å². The van der Waals surface area contributed by atoms with Gasteiger partial charge in [0.25, 0.3) is 5.91 Å². The van der Waals surface area contributed by atoms with Crippen molar-refractivity contribution < 1.29 is 14.4 Å². The molecule has 0 saturated heterocycles. The van der Waals surface area contributed by atoms with Gasteiger partial charge in [0.1, 0.15) is 0 Å². The molecule has 1 aromatic rings. The number of halogens is 1. The molecule has 23 heavy (non-hydrogen) atoms. The fourth-order valence-electron chi connectivity index (χ4n) is 2.10. The van der Waals surface area contributed by atoms with Gasteiger partial charge in [0.2, 0.25) is 12.0 Å². The minimum Gasteiger partial charge on any atom is -0.382 e. The fourth-order valence-corrected chi connectivity index (χ4v) is 2.22. The lowest BCUT2D eigenvalue weighted by atomic mass is 10.0. The van der Waals surface area contributed by atoms with E-state index in [1.54, 1.807) is 12.1 Å². The van der Waals surface area contributed by atoms with Crippen molar-refractivity contribution in [3.05, 3.63) is 34.9 Å². The number of rotatable bonds is 7. The molecular weight excluding hydrogens is 318 g/mol. The van der Waals surface area contributed by atoms with Crippen molar-refractivity contribution in [1.82, 2.24) is 10.6 Å². The van der Waals surface area contributed by atoms with Crippen LogP contribution in [0.2, 0.25) is 5.02 Å². The van der Waals surface area contributed by atoms with Crippen LogP contribution in [0.5, 0.6) is 0 Å². The molecule has 0 unspecified atom stereocenters. The predicted molar refractivity (Wildman–Crippen MR) is 88.4 cm³/mol. The summed E-state index contributed by atoms with van der Waals surface area (Å²) in [4.78, 5) is 28.6. The zero-order valence-electron chi connectivity index (χ0n) is 13.0. The van der Waals surface area contributed by atoms with Crippen molar-refractivity contribution in [2.45, 2.75) is 32.3 Å². The number of carbonyl (C=O) groups is 2. The minimum absolute atomic E-state index is 0.0717. The summed E-state index contributed by atoms with van der Waals surface area (Å²) in [7, 11) is 0. The summed E-state index contributed by atoms with van der Waals surface area (Å²) in [5.74, 6) is -0.335. The van der Waals surface area contributed by atoms with Gasteiger partial charge in [-0.1, -0.05) is 35.8 Å². The Kier molecular flexibility index (Phi) is 6.40. The van der Waals surface area contributed by atoms with Gasteiger partial charge in [-0.25, -0.2) is 0 Å². The maximum absolute atomic E-state index is 12.0. The molecule has 1 atom stereocenters. The van der Waals surface area contributed by atoms with Crippen molar-refractivity contribution in [3.8, 4) is 0 Å². The molecule has 0 spiro atoms. The molecule has 1 aliphatic heterocycles. The van der Waals surface area contributed by atoms with Gasteiger partial charge in [-0.2, -0.15) is 0 Å². The highest BCUT2D eigenvalue weighted by molar-refractivity contribution is 6.30. The third-order valence-corrected chi connectivity index (χ3v) is 3.61. The van der Waals surface area contributed by atoms with E-state index in [2.05, 4.69) is 15.8 Å². The summed E-state index contributed by atoms with van der Waals surface area (Å²) in [5, 5.41) is 10.0. The molecule has 1 heterocycles. The van der Waals surface area contributed by atoms with Gasteiger partial charge in [0.15, 0.2) is 0 Å². The normalized spacial score (nSPS) is 16.4. The van der Waals surface area contributed by atoms with Gasteiger partial charge >= 0.3 is 0 Å². The van der Waals surface area contributed by atoms with E-state index < -0.39 is 6.10 Å². The SMILES string of the molecule is CCCNC(=O)CCNC(=O)[C@H]1CC(c2ccc(Cl)cc2)=NO1. The van der Waals surface area contributed by atoms with Crippen molar-refractivity contribution in [2.24, 2.45) is 5.16 Å². The van der Waals surface area contributed by atoms with Crippen molar-refractivity contribution in [1.29, 1.82) is 0 Å². The maximum atomic E-state index is 12.0. The van der Waals surface area contributed by atoms with E-state index in [1.165, 1.54) is 0 Å². The molecule has 0 bridgehead atoms. The number of hydrogen-bond donors (Lipinski definition) is 2. The Balaban J connectivity index is 1.73. The molecule has 7 heteroatoms. The molecule has 2 N–H and O–H groups in total. The van der Waals surface area contributed by atoms with Crippen LogP contribution in [0.3, 0.4) is 0 Å². The summed E-state index contributed by atoms with van der Waals surface area (Å²) >= 11 is 5.84. The molecule has 0 aliphatic carbocycles. The highest BCUT2D eigenvalue weighted by Crippen LogP contribution is 2.18. The lowest BCUT2D eigenvalue weighted by molar-refractivity contribution is -0.131. The lowest BCUT2D eigenvalue weighted by Gasteiger charge is -2.09. The van der Waals surface area contributed by atoms with E-state index in [-0.39, 0.29) is 24.8 Å². The van der Waals surface area contributed by atoms with Crippen molar-refractivity contribution >= 4 is 29.1 Å². The number of carbonyl (C=O) groups excluding carboxylic acids is 2. The van der Waals surface area contributed by atoms with Crippen LogP contribution in [0.4, 0.5) is 0 Å². The monoisotopic (exact) mass is 337 g/mol. The van der Waals surface area contributed by atoms with Gasteiger partial charge in [0.05, 0.1) is 5.71 Å². The van der Waals surface area contributed by atoms with Crippen molar-refractivity contribution in [3.63, 3.8) is 0 Å². The largest absolute Gasteiger partial charge is 0.382 e. The highest BCUT2D eigenvalue weighted by Gasteiger charge is 2.28. The second kappa shape index (κ2) is 8.53. The standard InChI is InChI=1S/C16H20ClN3O3/c1-2-8-18-15(21)7-9-19-16(22)14-10-13(20-23-14)11-3-5-12(17)6-4-11/h3-6,14H,2,7-10H2,1H3,(H,18,21)(H,19,22)/t14-/m1/s1. The summed E-state index contributed by atoms with van der Waals surface area (Å²) < 4.78 is 0. The average Bonchev–Trinajstić information content (AvgIpc) is 3.03. The zero-order chi connectivity index (χ0) is 16.7. The molecule has 0 aromatic heterocycles. The van der Waals surface area contributed by atoms with Gasteiger partial charge < -0.3 is 15.5 Å². The highest BCUT2D eigenvalue weighted by atomic mass is 35.5. The van der Waals surface area contributed by atoms with E-state index in [0.717, 1.165) is 12.0 Å². The van der Waals surface area contributed by atoms with Crippen LogP contribution < -0.4 is 10.6 Å². The molecule has 1 aromatic carbocycles. The first-order valence-electron chi connectivity index (χ1n) is 7.63. The summed E-state index contributed by atoms with van der Waals surface area (Å²) in [6.07, 6.45) is 0.886. The van der Waals surface area contributed by atoms with Crippen LogP contribution >= 0.6 is 11.6 Å². The van der Waals surface area contributed by atoms with E-state index >= 15 is 0 Å². The summed E-state index contributed by atoms with van der Waals surface area (Å²) in [5.41, 5.74) is 1.59.